The van der Waals surface area contributed by atoms with Gasteiger partial charge in [-0.3, -0.25) is 4.79 Å². The zero-order valence-corrected chi connectivity index (χ0v) is 22.1. The van der Waals surface area contributed by atoms with Gasteiger partial charge in [0.25, 0.3) is 0 Å². The maximum Gasteiger partial charge on any atom is 0.136 e. The molecule has 5 saturated carbocycles. The van der Waals surface area contributed by atoms with E-state index < -0.39 is 0 Å². The Balaban J connectivity index is 1.59. The van der Waals surface area contributed by atoms with Gasteiger partial charge >= 0.3 is 0 Å². The van der Waals surface area contributed by atoms with E-state index in [1.165, 1.54) is 6.29 Å². The van der Waals surface area contributed by atoms with Gasteiger partial charge in [0.05, 0.1) is 0 Å². The minimum atomic E-state index is -0.141. The highest BCUT2D eigenvalue weighted by Crippen LogP contribution is 2.78. The molecule has 0 radical (unpaired) electrons. The molecule has 1 N–H and O–H groups in total. The highest BCUT2D eigenvalue weighted by molar-refractivity contribution is 5.82. The molecule has 5 aliphatic rings. The molecule has 186 valence electrons. The second-order valence-corrected chi connectivity index (χ2v) is 14.9. The molecule has 3 nitrogen and oxygen atoms in total. The van der Waals surface area contributed by atoms with Crippen LogP contribution in [0.15, 0.2) is 0 Å². The highest BCUT2D eigenvalue weighted by Gasteiger charge is 2.72. The minimum absolute atomic E-state index is 0.0206. The van der Waals surface area contributed by atoms with Crippen LogP contribution in [-0.4, -0.2) is 23.8 Å². The van der Waals surface area contributed by atoms with E-state index >= 15 is 0 Å². The molecule has 5 rings (SSSR count). The van der Waals surface area contributed by atoms with Gasteiger partial charge in [-0.05, 0) is 104 Å². The van der Waals surface area contributed by atoms with Crippen molar-refractivity contribution in [2.75, 3.05) is 6.61 Å². The van der Waals surface area contributed by atoms with Gasteiger partial charge in [-0.25, -0.2) is 0 Å². The molecule has 0 heterocycles. The number of aldehydes is 1. The van der Waals surface area contributed by atoms with Crippen LogP contribution in [0.3, 0.4) is 0 Å². The van der Waals surface area contributed by atoms with Crippen LogP contribution in [0.1, 0.15) is 112 Å². The quantitative estimate of drug-likeness (QED) is 0.476. The number of rotatable bonds is 2. The van der Waals surface area contributed by atoms with Gasteiger partial charge in [0.1, 0.15) is 12.1 Å². The molecule has 3 heteroatoms. The number of hydrogen-bond donors (Lipinski definition) is 1. The molecule has 9 atom stereocenters. The minimum Gasteiger partial charge on any atom is -0.396 e. The lowest BCUT2D eigenvalue weighted by Gasteiger charge is -2.74. The number of Topliss-reactive ketones (excluding diaryl/α,β-unsaturated/α-hetero) is 1. The molecular weight excluding hydrogens is 408 g/mol. The number of aliphatic hydroxyl groups is 1. The molecule has 0 bridgehead atoms. The number of carbonyl (C=O) groups is 2. The van der Waals surface area contributed by atoms with Crippen molar-refractivity contribution in [2.24, 2.45) is 56.2 Å². The van der Waals surface area contributed by atoms with Crippen molar-refractivity contribution < 1.29 is 14.7 Å². The Kier molecular flexibility index (Phi) is 5.22. The van der Waals surface area contributed by atoms with Crippen molar-refractivity contribution in [1.82, 2.24) is 0 Å². The summed E-state index contributed by atoms with van der Waals surface area (Å²) in [7, 11) is 0. The molecule has 0 aromatic carbocycles. The second kappa shape index (κ2) is 7.17. The van der Waals surface area contributed by atoms with Crippen LogP contribution in [-0.2, 0) is 9.59 Å². The molecule has 0 aromatic rings. The molecule has 0 spiro atoms. The maximum atomic E-state index is 12.7. The fraction of sp³-hybridized carbons (Fsp3) is 0.933. The molecule has 0 aromatic heterocycles. The summed E-state index contributed by atoms with van der Waals surface area (Å²) in [5.41, 5.74) is 0.391. The highest BCUT2D eigenvalue weighted by atomic mass is 16.3. The van der Waals surface area contributed by atoms with Crippen molar-refractivity contribution in [1.29, 1.82) is 0 Å². The summed E-state index contributed by atoms with van der Waals surface area (Å²) in [4.78, 5) is 25.4. The molecular formula is C30H48O3. The van der Waals surface area contributed by atoms with E-state index in [1.807, 2.05) is 0 Å². The van der Waals surface area contributed by atoms with Crippen LogP contribution in [0, 0.1) is 56.2 Å². The zero-order valence-electron chi connectivity index (χ0n) is 22.1. The third-order valence-corrected chi connectivity index (χ3v) is 13.6. The van der Waals surface area contributed by atoms with E-state index in [9.17, 15) is 14.7 Å². The Labute approximate surface area is 201 Å². The summed E-state index contributed by atoms with van der Waals surface area (Å²) < 4.78 is 0. The van der Waals surface area contributed by atoms with Gasteiger partial charge < -0.3 is 9.90 Å². The first-order valence-electron chi connectivity index (χ1n) is 13.9. The summed E-state index contributed by atoms with van der Waals surface area (Å²) in [6, 6.07) is 0. The molecule has 0 unspecified atom stereocenters. The third-order valence-electron chi connectivity index (χ3n) is 13.6. The Hall–Kier alpha value is -0.700. The summed E-state index contributed by atoms with van der Waals surface area (Å²) in [6.45, 7) is 14.7. The van der Waals surface area contributed by atoms with Crippen LogP contribution in [0.4, 0.5) is 0 Å². The van der Waals surface area contributed by atoms with Crippen molar-refractivity contribution in [2.45, 2.75) is 112 Å². The zero-order chi connectivity index (χ0) is 24.1. The van der Waals surface area contributed by atoms with E-state index in [4.69, 9.17) is 0 Å². The summed E-state index contributed by atoms with van der Waals surface area (Å²) in [5.74, 6) is 1.91. The van der Waals surface area contributed by atoms with E-state index in [0.717, 1.165) is 64.2 Å². The van der Waals surface area contributed by atoms with Crippen LogP contribution in [0.2, 0.25) is 0 Å². The van der Waals surface area contributed by atoms with Gasteiger partial charge in [-0.2, -0.15) is 0 Å². The smallest absolute Gasteiger partial charge is 0.136 e. The Bertz CT molecular complexity index is 847. The lowest BCUT2D eigenvalue weighted by Crippen LogP contribution is -2.69. The SMILES string of the molecule is C[C@H]1C(=O)CC[C@@H]2[C@]1(C)CC[C@H]1[C@@]2(CO)CC[C@@]2(C)[C@@H]3CC(C)(C)CC[C@]3(C=O)CC[C@]12C. The Morgan fingerprint density at radius 3 is 2.15 bits per heavy atom. The number of aliphatic hydroxyl groups excluding tert-OH is 1. The molecule has 5 fully saturated rings. The van der Waals surface area contributed by atoms with Gasteiger partial charge in [-0.15, -0.1) is 0 Å². The molecule has 33 heavy (non-hydrogen) atoms. The number of carbonyl (C=O) groups excluding carboxylic acids is 2. The molecule has 5 aliphatic carbocycles. The van der Waals surface area contributed by atoms with Crippen molar-refractivity contribution >= 4 is 12.1 Å². The predicted octanol–water partition coefficient (Wildman–Crippen LogP) is 6.61. The largest absolute Gasteiger partial charge is 0.396 e. The average molecular weight is 457 g/mol. The fourth-order valence-corrected chi connectivity index (χ4v) is 11.1. The van der Waals surface area contributed by atoms with Crippen LogP contribution in [0.25, 0.3) is 0 Å². The first-order chi connectivity index (χ1) is 15.3. The Morgan fingerprint density at radius 2 is 1.48 bits per heavy atom. The van der Waals surface area contributed by atoms with E-state index in [2.05, 4.69) is 41.5 Å². The van der Waals surface area contributed by atoms with E-state index in [0.29, 0.717) is 35.4 Å². The number of hydrogen-bond acceptors (Lipinski definition) is 3. The first-order valence-corrected chi connectivity index (χ1v) is 13.9. The average Bonchev–Trinajstić information content (AvgIpc) is 2.78. The van der Waals surface area contributed by atoms with Crippen LogP contribution >= 0.6 is 0 Å². The monoisotopic (exact) mass is 456 g/mol. The lowest BCUT2D eigenvalue weighted by molar-refractivity contribution is -0.265. The fourth-order valence-electron chi connectivity index (χ4n) is 11.1. The standard InChI is InChI=1S/C30H48O3/c1-20-21(33)7-8-22-26(20,4)10-9-23-27(5)12-15-29(18-31)14-11-25(2,3)17-24(29)28(27,6)13-16-30(22,23)19-32/h18,20,22-24,32H,7-17,19H2,1-6H3/t20-,22+,23+,24-,26+,27+,28-,29+,30+/m0/s1. The topological polar surface area (TPSA) is 54.4 Å². The normalized spacial score (nSPS) is 55.5. The van der Waals surface area contributed by atoms with E-state index in [1.54, 1.807) is 0 Å². The lowest BCUT2D eigenvalue weighted by atomic mass is 9.30. The maximum absolute atomic E-state index is 12.7. The van der Waals surface area contributed by atoms with Crippen LogP contribution < -0.4 is 0 Å². The first kappa shape index (κ1) is 24.0. The van der Waals surface area contributed by atoms with Crippen molar-refractivity contribution in [3.63, 3.8) is 0 Å². The Morgan fingerprint density at radius 1 is 0.848 bits per heavy atom. The molecule has 0 saturated heterocycles. The van der Waals surface area contributed by atoms with Crippen molar-refractivity contribution in [3.05, 3.63) is 0 Å². The summed E-state index contributed by atoms with van der Waals surface area (Å²) in [5, 5.41) is 11.1. The van der Waals surface area contributed by atoms with E-state index in [-0.39, 0.29) is 39.6 Å². The summed E-state index contributed by atoms with van der Waals surface area (Å²) in [6.07, 6.45) is 12.9. The van der Waals surface area contributed by atoms with Gasteiger partial charge in [0, 0.05) is 29.8 Å². The van der Waals surface area contributed by atoms with Crippen LogP contribution in [0.5, 0.6) is 0 Å². The molecule has 0 amide bonds. The van der Waals surface area contributed by atoms with Gasteiger partial charge in [-0.1, -0.05) is 41.5 Å². The second-order valence-electron chi connectivity index (χ2n) is 14.9. The summed E-state index contributed by atoms with van der Waals surface area (Å²) >= 11 is 0. The molecule has 0 aliphatic heterocycles. The van der Waals surface area contributed by atoms with Gasteiger partial charge in [0.15, 0.2) is 0 Å². The van der Waals surface area contributed by atoms with Crippen molar-refractivity contribution in [3.8, 4) is 0 Å². The predicted molar refractivity (Wildman–Crippen MR) is 132 cm³/mol. The van der Waals surface area contributed by atoms with Gasteiger partial charge in [0.2, 0.25) is 0 Å². The third kappa shape index (κ3) is 2.84. The number of ketones is 1. The number of fused-ring (bicyclic) bond motifs is 7.